The highest BCUT2D eigenvalue weighted by Gasteiger charge is 2.11. The van der Waals surface area contributed by atoms with Gasteiger partial charge in [-0.2, -0.15) is 0 Å². The monoisotopic (exact) mass is 246 g/mol. The summed E-state index contributed by atoms with van der Waals surface area (Å²) in [6, 6.07) is 7.37. The summed E-state index contributed by atoms with van der Waals surface area (Å²) in [6.07, 6.45) is 1.34. The average Bonchev–Trinajstić information content (AvgIpc) is 2.35. The number of nitrogen functional groups attached to an aromatic ring is 1. The van der Waals surface area contributed by atoms with Gasteiger partial charge in [-0.3, -0.25) is 0 Å². The molecule has 0 aliphatic heterocycles. The van der Waals surface area contributed by atoms with Crippen molar-refractivity contribution in [3.8, 4) is 0 Å². The van der Waals surface area contributed by atoms with Crippen LogP contribution in [0.25, 0.3) is 0 Å². The van der Waals surface area contributed by atoms with E-state index in [4.69, 9.17) is 5.73 Å². The maximum atomic E-state index is 13.7. The topological polar surface area (TPSA) is 63.8 Å². The van der Waals surface area contributed by atoms with Crippen LogP contribution in [0.1, 0.15) is 24.2 Å². The van der Waals surface area contributed by atoms with Gasteiger partial charge in [0.25, 0.3) is 0 Å². The molecule has 5 heteroatoms. The number of anilines is 2. The Bertz CT molecular complexity index is 556. The van der Waals surface area contributed by atoms with E-state index in [9.17, 15) is 4.39 Å². The molecule has 0 saturated carbocycles. The van der Waals surface area contributed by atoms with Crippen LogP contribution in [0.3, 0.4) is 0 Å². The molecule has 2 rings (SSSR count). The maximum Gasteiger partial charge on any atom is 0.186 e. The number of rotatable bonds is 3. The molecule has 1 atom stereocenters. The second-order valence-corrected chi connectivity index (χ2v) is 4.16. The van der Waals surface area contributed by atoms with E-state index in [2.05, 4.69) is 15.3 Å². The third kappa shape index (κ3) is 2.56. The Kier molecular flexibility index (Phi) is 3.41. The van der Waals surface area contributed by atoms with E-state index >= 15 is 0 Å². The van der Waals surface area contributed by atoms with Crippen molar-refractivity contribution in [2.75, 3.05) is 11.1 Å². The molecule has 1 heterocycles. The van der Waals surface area contributed by atoms with Crippen molar-refractivity contribution in [2.45, 2.75) is 19.9 Å². The second kappa shape index (κ2) is 5.00. The van der Waals surface area contributed by atoms with Crippen LogP contribution in [0, 0.1) is 12.7 Å². The summed E-state index contributed by atoms with van der Waals surface area (Å²) in [7, 11) is 0. The number of nitrogens with zero attached hydrogens (tertiary/aromatic N) is 2. The Labute approximate surface area is 105 Å². The average molecular weight is 246 g/mol. The summed E-state index contributed by atoms with van der Waals surface area (Å²) in [6.45, 7) is 3.53. The first kappa shape index (κ1) is 12.3. The third-order valence-corrected chi connectivity index (χ3v) is 2.73. The highest BCUT2D eigenvalue weighted by molar-refractivity contribution is 5.45. The number of nitrogens with one attached hydrogen (secondary N) is 1. The van der Waals surface area contributed by atoms with E-state index in [-0.39, 0.29) is 11.9 Å². The van der Waals surface area contributed by atoms with Crippen LogP contribution in [0.5, 0.6) is 0 Å². The van der Waals surface area contributed by atoms with Crippen molar-refractivity contribution in [1.29, 1.82) is 0 Å². The van der Waals surface area contributed by atoms with E-state index in [0.717, 1.165) is 5.56 Å². The molecule has 0 fully saturated rings. The van der Waals surface area contributed by atoms with Crippen LogP contribution in [0.4, 0.5) is 15.9 Å². The summed E-state index contributed by atoms with van der Waals surface area (Å²) in [5.74, 6) is -0.217. The molecule has 1 aromatic carbocycles. The summed E-state index contributed by atoms with van der Waals surface area (Å²) < 4.78 is 13.7. The number of benzene rings is 1. The zero-order valence-electron chi connectivity index (χ0n) is 10.3. The van der Waals surface area contributed by atoms with Crippen LogP contribution < -0.4 is 11.1 Å². The number of halogens is 1. The minimum atomic E-state index is -0.423. The van der Waals surface area contributed by atoms with Gasteiger partial charge in [0.1, 0.15) is 6.33 Å². The lowest BCUT2D eigenvalue weighted by molar-refractivity contribution is 0.602. The number of hydrogen-bond acceptors (Lipinski definition) is 4. The molecule has 0 radical (unpaired) electrons. The maximum absolute atomic E-state index is 13.7. The van der Waals surface area contributed by atoms with Crippen LogP contribution in [-0.2, 0) is 0 Å². The third-order valence-electron chi connectivity index (χ3n) is 2.73. The zero-order valence-corrected chi connectivity index (χ0v) is 10.3. The second-order valence-electron chi connectivity index (χ2n) is 4.16. The molecule has 1 unspecified atom stereocenters. The lowest BCUT2D eigenvalue weighted by Gasteiger charge is -2.16. The number of aromatic nitrogens is 2. The molecule has 18 heavy (non-hydrogen) atoms. The lowest BCUT2D eigenvalue weighted by Crippen LogP contribution is -2.11. The van der Waals surface area contributed by atoms with Crippen molar-refractivity contribution >= 4 is 11.5 Å². The fourth-order valence-corrected chi connectivity index (χ4v) is 1.68. The molecule has 0 bridgehead atoms. The molecule has 4 nitrogen and oxygen atoms in total. The van der Waals surface area contributed by atoms with E-state index in [1.54, 1.807) is 6.92 Å². The van der Waals surface area contributed by atoms with E-state index in [1.807, 2.05) is 31.2 Å². The molecule has 0 saturated heterocycles. The van der Waals surface area contributed by atoms with Gasteiger partial charge in [0.2, 0.25) is 0 Å². The van der Waals surface area contributed by atoms with E-state index in [0.29, 0.717) is 11.4 Å². The van der Waals surface area contributed by atoms with Crippen molar-refractivity contribution in [3.63, 3.8) is 0 Å². The molecule has 3 N–H and O–H groups in total. The summed E-state index contributed by atoms with van der Waals surface area (Å²) in [4.78, 5) is 7.69. The Hall–Kier alpha value is -2.17. The zero-order chi connectivity index (χ0) is 13.1. The molecule has 0 aliphatic carbocycles. The van der Waals surface area contributed by atoms with Gasteiger partial charge in [-0.05, 0) is 31.5 Å². The molecule has 2 aromatic rings. The summed E-state index contributed by atoms with van der Waals surface area (Å²) in [5.41, 5.74) is 7.70. The SMILES string of the molecule is Cc1ncnc(NC(C)c2cccc(N)c2)c1F. The van der Waals surface area contributed by atoms with Crippen molar-refractivity contribution < 1.29 is 4.39 Å². The van der Waals surface area contributed by atoms with E-state index in [1.165, 1.54) is 6.33 Å². The highest BCUT2D eigenvalue weighted by Crippen LogP contribution is 2.21. The van der Waals surface area contributed by atoms with Crippen LogP contribution in [-0.4, -0.2) is 9.97 Å². The van der Waals surface area contributed by atoms with Gasteiger partial charge < -0.3 is 11.1 Å². The lowest BCUT2D eigenvalue weighted by atomic mass is 10.1. The standard InChI is InChI=1S/C13H15FN4/c1-8(10-4-3-5-11(15)6-10)18-13-12(14)9(2)16-7-17-13/h3-8H,15H2,1-2H3,(H,16,17,18). The van der Waals surface area contributed by atoms with Crippen molar-refractivity contribution in [3.05, 3.63) is 47.7 Å². The summed E-state index contributed by atoms with van der Waals surface area (Å²) >= 11 is 0. The molecular weight excluding hydrogens is 231 g/mol. The predicted octanol–water partition coefficient (Wildman–Crippen LogP) is 2.68. The fraction of sp³-hybridized carbons (Fsp3) is 0.231. The largest absolute Gasteiger partial charge is 0.399 e. The normalized spacial score (nSPS) is 12.2. The molecule has 0 spiro atoms. The van der Waals surface area contributed by atoms with Crippen molar-refractivity contribution in [2.24, 2.45) is 0 Å². The van der Waals surface area contributed by atoms with Crippen molar-refractivity contribution in [1.82, 2.24) is 9.97 Å². The Morgan fingerprint density at radius 2 is 2.11 bits per heavy atom. The number of nitrogens with two attached hydrogens (primary N) is 1. The first-order valence-corrected chi connectivity index (χ1v) is 5.67. The molecule has 94 valence electrons. The minimum absolute atomic E-state index is 0.0858. The highest BCUT2D eigenvalue weighted by atomic mass is 19.1. The number of hydrogen-bond donors (Lipinski definition) is 2. The number of aryl methyl sites for hydroxylation is 1. The van der Waals surface area contributed by atoms with Crippen LogP contribution in [0.15, 0.2) is 30.6 Å². The van der Waals surface area contributed by atoms with Gasteiger partial charge in [-0.1, -0.05) is 12.1 Å². The van der Waals surface area contributed by atoms with Gasteiger partial charge in [0, 0.05) is 5.69 Å². The first-order valence-electron chi connectivity index (χ1n) is 5.67. The van der Waals surface area contributed by atoms with Crippen LogP contribution in [0.2, 0.25) is 0 Å². The van der Waals surface area contributed by atoms with E-state index < -0.39 is 5.82 Å². The van der Waals surface area contributed by atoms with Gasteiger partial charge in [-0.25, -0.2) is 14.4 Å². The quantitative estimate of drug-likeness (QED) is 0.817. The predicted molar refractivity (Wildman–Crippen MR) is 69.6 cm³/mol. The minimum Gasteiger partial charge on any atom is -0.399 e. The smallest absolute Gasteiger partial charge is 0.186 e. The van der Waals surface area contributed by atoms with Gasteiger partial charge in [0.05, 0.1) is 11.7 Å². The Morgan fingerprint density at radius 1 is 1.33 bits per heavy atom. The van der Waals surface area contributed by atoms with Crippen LogP contribution >= 0.6 is 0 Å². The molecule has 0 aliphatic rings. The molecular formula is C13H15FN4. The molecule has 0 amide bonds. The fourth-order valence-electron chi connectivity index (χ4n) is 1.68. The molecule has 1 aromatic heterocycles. The summed E-state index contributed by atoms with van der Waals surface area (Å²) in [5, 5.41) is 3.01. The first-order chi connectivity index (χ1) is 8.58. The van der Waals surface area contributed by atoms with Gasteiger partial charge in [-0.15, -0.1) is 0 Å². The Morgan fingerprint density at radius 3 is 2.83 bits per heavy atom. The van der Waals surface area contributed by atoms with Gasteiger partial charge >= 0.3 is 0 Å². The Balaban J connectivity index is 2.21. The van der Waals surface area contributed by atoms with Gasteiger partial charge in [0.15, 0.2) is 11.6 Å².